The van der Waals surface area contributed by atoms with Gasteiger partial charge in [0, 0.05) is 0 Å². The summed E-state index contributed by atoms with van der Waals surface area (Å²) in [5.41, 5.74) is -0.507. The smallest absolute Gasteiger partial charge is 0.408 e. The first-order chi connectivity index (χ1) is 5.95. The van der Waals surface area contributed by atoms with Crippen LogP contribution in [-0.4, -0.2) is 24.5 Å². The summed E-state index contributed by atoms with van der Waals surface area (Å²) in [5, 5.41) is 2.26. The average Bonchev–Trinajstić information content (AvgIpc) is 2.01. The van der Waals surface area contributed by atoms with E-state index in [2.05, 4.69) is 5.32 Å². The van der Waals surface area contributed by atoms with E-state index in [0.29, 0.717) is 6.29 Å². The van der Waals surface area contributed by atoms with Gasteiger partial charge >= 0.3 is 6.09 Å². The maximum Gasteiger partial charge on any atom is 0.408 e. The first-order valence-electron chi connectivity index (χ1n) is 4.36. The number of hydrogen-bond donors (Lipinski definition) is 1. The first kappa shape index (κ1) is 14.5. The van der Waals surface area contributed by atoms with Crippen molar-refractivity contribution in [3.63, 3.8) is 0 Å². The molecule has 4 heteroatoms. The predicted octanol–water partition coefficient (Wildman–Crippen LogP) is 1.74. The lowest BCUT2D eigenvalue weighted by Crippen LogP contribution is -2.33. The molecule has 0 fully saturated rings. The van der Waals surface area contributed by atoms with Crippen LogP contribution < -0.4 is 5.32 Å². The molecule has 0 unspecified atom stereocenters. The van der Waals surface area contributed by atoms with Crippen LogP contribution in [0.5, 0.6) is 0 Å². The molecule has 0 spiro atoms. The average molecular weight is 189 g/mol. The maximum absolute atomic E-state index is 10.7. The van der Waals surface area contributed by atoms with E-state index in [1.807, 2.05) is 13.8 Å². The van der Waals surface area contributed by atoms with Crippen molar-refractivity contribution in [3.8, 4) is 0 Å². The van der Waals surface area contributed by atoms with Crippen molar-refractivity contribution in [1.29, 1.82) is 0 Å². The van der Waals surface area contributed by atoms with Crippen molar-refractivity contribution < 1.29 is 14.3 Å². The van der Waals surface area contributed by atoms with Gasteiger partial charge in [-0.15, -0.1) is 0 Å². The highest BCUT2D eigenvalue weighted by Crippen LogP contribution is 2.05. The van der Waals surface area contributed by atoms with Crippen LogP contribution in [0.1, 0.15) is 34.6 Å². The minimum absolute atomic E-state index is 0.00505. The van der Waals surface area contributed by atoms with E-state index >= 15 is 0 Å². The Kier molecular flexibility index (Phi) is 8.44. The minimum Gasteiger partial charge on any atom is -0.444 e. The lowest BCUT2D eigenvalue weighted by molar-refractivity contribution is -0.107. The van der Waals surface area contributed by atoms with Gasteiger partial charge in [0.1, 0.15) is 11.9 Å². The summed E-state index contributed by atoms with van der Waals surface area (Å²) in [4.78, 5) is 20.5. The van der Waals surface area contributed by atoms with Crippen LogP contribution in [0.15, 0.2) is 0 Å². The second-order valence-corrected chi connectivity index (χ2v) is 3.05. The predicted molar refractivity (Wildman–Crippen MR) is 51.6 cm³/mol. The summed E-state index contributed by atoms with van der Waals surface area (Å²) >= 11 is 0. The molecule has 0 aliphatic heterocycles. The summed E-state index contributed by atoms with van der Waals surface area (Å²) in [7, 11) is 0. The molecule has 4 nitrogen and oxygen atoms in total. The third kappa shape index (κ3) is 13.9. The minimum atomic E-state index is -0.565. The highest BCUT2D eigenvalue weighted by Gasteiger charge is 2.14. The van der Waals surface area contributed by atoms with Gasteiger partial charge in [-0.2, -0.15) is 0 Å². The third-order valence-electron chi connectivity index (χ3n) is 0.729. The van der Waals surface area contributed by atoms with Crippen LogP contribution in [0.2, 0.25) is 0 Å². The highest BCUT2D eigenvalue weighted by molar-refractivity contribution is 5.71. The van der Waals surface area contributed by atoms with Crippen molar-refractivity contribution in [3.05, 3.63) is 0 Å². The monoisotopic (exact) mass is 189 g/mol. The summed E-state index contributed by atoms with van der Waals surface area (Å²) in [6.45, 7) is 9.27. The van der Waals surface area contributed by atoms with Crippen molar-refractivity contribution in [2.75, 3.05) is 6.54 Å². The molecule has 0 heterocycles. The van der Waals surface area contributed by atoms with Crippen LogP contribution in [0.25, 0.3) is 0 Å². The molecule has 0 aromatic rings. The molecule has 0 saturated carbocycles. The zero-order valence-electron chi connectivity index (χ0n) is 9.01. The molecule has 0 aromatic carbocycles. The Balaban J connectivity index is 0. The van der Waals surface area contributed by atoms with Gasteiger partial charge < -0.3 is 14.8 Å². The summed E-state index contributed by atoms with van der Waals surface area (Å²) in [6, 6.07) is 0. The van der Waals surface area contributed by atoms with E-state index in [1.54, 1.807) is 20.8 Å². The summed E-state index contributed by atoms with van der Waals surface area (Å²) in [5.74, 6) is 0. The molecule has 0 aromatic heterocycles. The number of alkyl carbamates (subject to hydrolysis) is 1. The third-order valence-corrected chi connectivity index (χ3v) is 0.729. The Bertz CT molecular complexity index is 149. The zero-order valence-corrected chi connectivity index (χ0v) is 9.01. The quantitative estimate of drug-likeness (QED) is 0.673. The SMILES string of the molecule is CC.CC(C)(C)OC(=O)NCC=O. The van der Waals surface area contributed by atoms with Gasteiger partial charge in [0.15, 0.2) is 0 Å². The van der Waals surface area contributed by atoms with Crippen LogP contribution in [0.4, 0.5) is 4.79 Å². The fourth-order valence-electron chi connectivity index (χ4n) is 0.439. The van der Waals surface area contributed by atoms with Gasteiger partial charge in [0.25, 0.3) is 0 Å². The summed E-state index contributed by atoms with van der Waals surface area (Å²) in [6.07, 6.45) is 0.0359. The van der Waals surface area contributed by atoms with Gasteiger partial charge in [0.2, 0.25) is 0 Å². The Morgan fingerprint density at radius 2 is 1.85 bits per heavy atom. The first-order valence-corrected chi connectivity index (χ1v) is 4.36. The van der Waals surface area contributed by atoms with E-state index in [1.165, 1.54) is 0 Å². The van der Waals surface area contributed by atoms with Crippen molar-refractivity contribution in [1.82, 2.24) is 5.32 Å². The molecule has 0 saturated heterocycles. The molecule has 0 atom stereocenters. The number of rotatable bonds is 2. The number of aldehydes is 1. The van der Waals surface area contributed by atoms with Gasteiger partial charge in [0.05, 0.1) is 6.54 Å². The van der Waals surface area contributed by atoms with Crippen molar-refractivity contribution >= 4 is 12.4 Å². The summed E-state index contributed by atoms with van der Waals surface area (Å²) < 4.78 is 4.83. The van der Waals surface area contributed by atoms with Crippen LogP contribution in [-0.2, 0) is 9.53 Å². The van der Waals surface area contributed by atoms with Crippen LogP contribution in [0, 0.1) is 0 Å². The topological polar surface area (TPSA) is 55.4 Å². The van der Waals surface area contributed by atoms with E-state index in [4.69, 9.17) is 4.74 Å². The number of nitrogens with one attached hydrogen (secondary N) is 1. The molecule has 78 valence electrons. The van der Waals surface area contributed by atoms with E-state index in [0.717, 1.165) is 0 Å². The number of amides is 1. The second kappa shape index (κ2) is 7.58. The number of carbonyl (C=O) groups is 2. The van der Waals surface area contributed by atoms with Crippen molar-refractivity contribution in [2.24, 2.45) is 0 Å². The molecule has 0 aliphatic rings. The molecular formula is C9H19NO3. The maximum atomic E-state index is 10.7. The van der Waals surface area contributed by atoms with E-state index < -0.39 is 11.7 Å². The van der Waals surface area contributed by atoms with Gasteiger partial charge in [-0.05, 0) is 20.8 Å². The number of hydrogen-bond acceptors (Lipinski definition) is 3. The van der Waals surface area contributed by atoms with E-state index in [9.17, 15) is 9.59 Å². The lowest BCUT2D eigenvalue weighted by Gasteiger charge is -2.18. The molecule has 0 aliphatic carbocycles. The largest absolute Gasteiger partial charge is 0.444 e. The highest BCUT2D eigenvalue weighted by atomic mass is 16.6. The lowest BCUT2D eigenvalue weighted by atomic mass is 10.2. The number of ether oxygens (including phenoxy) is 1. The molecule has 0 rings (SSSR count). The zero-order chi connectivity index (χ0) is 10.9. The fraction of sp³-hybridized carbons (Fsp3) is 0.778. The Hall–Kier alpha value is -1.06. The Morgan fingerprint density at radius 3 is 2.15 bits per heavy atom. The van der Waals surface area contributed by atoms with Gasteiger partial charge in [-0.25, -0.2) is 4.79 Å². The molecule has 0 bridgehead atoms. The van der Waals surface area contributed by atoms with Gasteiger partial charge in [-0.3, -0.25) is 0 Å². The molecule has 13 heavy (non-hydrogen) atoms. The Morgan fingerprint density at radius 1 is 1.38 bits per heavy atom. The normalized spacial score (nSPS) is 9.31. The van der Waals surface area contributed by atoms with Crippen molar-refractivity contribution in [2.45, 2.75) is 40.2 Å². The molecule has 1 N–H and O–H groups in total. The standard InChI is InChI=1S/C7H13NO3.C2H6/c1-7(2,3)11-6(10)8-4-5-9;1-2/h5H,4H2,1-3H3,(H,8,10);1-2H3. The number of carbonyl (C=O) groups excluding carboxylic acids is 2. The fourth-order valence-corrected chi connectivity index (χ4v) is 0.439. The van der Waals surface area contributed by atoms with Gasteiger partial charge in [-0.1, -0.05) is 13.8 Å². The molecule has 0 radical (unpaired) electrons. The van der Waals surface area contributed by atoms with Crippen LogP contribution in [0.3, 0.4) is 0 Å². The molecular weight excluding hydrogens is 170 g/mol. The van der Waals surface area contributed by atoms with Crippen LogP contribution >= 0.6 is 0 Å². The second-order valence-electron chi connectivity index (χ2n) is 3.05. The molecule has 1 amide bonds. The van der Waals surface area contributed by atoms with E-state index in [-0.39, 0.29) is 6.54 Å². The Labute approximate surface area is 79.7 Å².